The van der Waals surface area contributed by atoms with E-state index >= 15 is 0 Å². The van der Waals surface area contributed by atoms with Crippen LogP contribution in [0.3, 0.4) is 0 Å². The molecule has 0 saturated carbocycles. The molecule has 0 atom stereocenters. The minimum absolute atomic E-state index is 0. The van der Waals surface area contributed by atoms with E-state index in [-0.39, 0.29) is 24.2 Å². The molecule has 1 aliphatic heterocycles. The summed E-state index contributed by atoms with van der Waals surface area (Å²) in [6.07, 6.45) is 3.52. The molecule has 1 aliphatic rings. The molecule has 2 aromatic carbocycles. The summed E-state index contributed by atoms with van der Waals surface area (Å²) in [7, 11) is 0. The van der Waals surface area contributed by atoms with E-state index in [0.717, 1.165) is 42.9 Å². The minimum atomic E-state index is -0.212. The second kappa shape index (κ2) is 9.84. The largest absolute Gasteiger partial charge is 0.321 e. The van der Waals surface area contributed by atoms with Crippen molar-refractivity contribution in [1.29, 1.82) is 0 Å². The molecule has 3 aromatic rings. The van der Waals surface area contributed by atoms with Gasteiger partial charge >= 0.3 is 0 Å². The molecule has 1 saturated heterocycles. The molecule has 2 heterocycles. The van der Waals surface area contributed by atoms with Gasteiger partial charge in [0.25, 0.3) is 5.91 Å². The van der Waals surface area contributed by atoms with Crippen LogP contribution < -0.4 is 10.6 Å². The highest BCUT2D eigenvalue weighted by atomic mass is 35.5. The van der Waals surface area contributed by atoms with E-state index in [1.807, 2.05) is 41.9 Å². The van der Waals surface area contributed by atoms with Crippen molar-refractivity contribution < 1.29 is 4.79 Å². The summed E-state index contributed by atoms with van der Waals surface area (Å²) in [6.45, 7) is 3.79. The van der Waals surface area contributed by atoms with E-state index in [2.05, 4.69) is 15.7 Å². The van der Waals surface area contributed by atoms with Crippen LogP contribution in [-0.2, 0) is 0 Å². The van der Waals surface area contributed by atoms with E-state index in [0.29, 0.717) is 21.3 Å². The molecule has 0 bridgehead atoms. The summed E-state index contributed by atoms with van der Waals surface area (Å²) in [6, 6.07) is 13.1. The van der Waals surface area contributed by atoms with E-state index in [1.54, 1.807) is 18.3 Å². The van der Waals surface area contributed by atoms with Gasteiger partial charge in [-0.05, 0) is 62.7 Å². The van der Waals surface area contributed by atoms with Gasteiger partial charge in [-0.25, -0.2) is 4.68 Å². The molecule has 5 nitrogen and oxygen atoms in total. The fourth-order valence-electron chi connectivity index (χ4n) is 3.69. The van der Waals surface area contributed by atoms with Crippen molar-refractivity contribution in [2.45, 2.75) is 25.7 Å². The van der Waals surface area contributed by atoms with Gasteiger partial charge < -0.3 is 10.6 Å². The predicted octanol–water partition coefficient (Wildman–Crippen LogP) is 5.63. The number of aryl methyl sites for hydroxylation is 1. The number of halogens is 3. The fraction of sp³-hybridized carbons (Fsp3) is 0.273. The van der Waals surface area contributed by atoms with E-state index in [1.165, 1.54) is 0 Å². The topological polar surface area (TPSA) is 59.0 Å². The number of aromatic nitrogens is 2. The third-order valence-electron chi connectivity index (χ3n) is 5.30. The third kappa shape index (κ3) is 4.65. The second-order valence-electron chi connectivity index (χ2n) is 7.25. The standard InChI is InChI=1S/C22H22Cl2N4O.ClH/c1-14-6-7-16(12-19(14)24)28-21(15-8-10-25-11-9-15)17(13-26-28)22(29)27-20-5-3-2-4-18(20)23;/h2-7,12-13,15,25H,8-11H2,1H3,(H,27,29);1H. The number of rotatable bonds is 4. The molecule has 0 unspecified atom stereocenters. The van der Waals surface area contributed by atoms with Crippen molar-refractivity contribution in [2.75, 3.05) is 18.4 Å². The Morgan fingerprint density at radius 1 is 1.13 bits per heavy atom. The smallest absolute Gasteiger partial charge is 0.259 e. The van der Waals surface area contributed by atoms with Crippen LogP contribution in [0.5, 0.6) is 0 Å². The van der Waals surface area contributed by atoms with E-state index in [9.17, 15) is 4.79 Å². The molecule has 1 fully saturated rings. The lowest BCUT2D eigenvalue weighted by atomic mass is 9.91. The Labute approximate surface area is 192 Å². The number of nitrogens with zero attached hydrogens (tertiary/aromatic N) is 2. The van der Waals surface area contributed by atoms with Crippen LogP contribution in [0.2, 0.25) is 10.0 Å². The zero-order valence-corrected chi connectivity index (χ0v) is 18.8. The Kier molecular flexibility index (Phi) is 7.42. The van der Waals surface area contributed by atoms with Crippen molar-refractivity contribution in [3.8, 4) is 5.69 Å². The number of hydrogen-bond acceptors (Lipinski definition) is 3. The van der Waals surface area contributed by atoms with Crippen LogP contribution in [0, 0.1) is 6.92 Å². The molecule has 8 heteroatoms. The SMILES string of the molecule is Cc1ccc(-n2ncc(C(=O)Nc3ccccc3Cl)c2C2CCNCC2)cc1Cl.Cl. The van der Waals surface area contributed by atoms with Crippen LogP contribution in [-0.4, -0.2) is 28.8 Å². The molecular weight excluding hydrogens is 443 g/mol. The number of amides is 1. The monoisotopic (exact) mass is 464 g/mol. The first-order chi connectivity index (χ1) is 14.0. The molecule has 0 spiro atoms. The van der Waals surface area contributed by atoms with Crippen LogP contribution in [0.15, 0.2) is 48.7 Å². The van der Waals surface area contributed by atoms with Gasteiger partial charge in [-0.2, -0.15) is 5.10 Å². The van der Waals surface area contributed by atoms with Crippen LogP contribution in [0.1, 0.15) is 40.4 Å². The van der Waals surface area contributed by atoms with Gasteiger partial charge in [0.1, 0.15) is 0 Å². The Hall–Kier alpha value is -2.05. The highest BCUT2D eigenvalue weighted by Gasteiger charge is 2.27. The Morgan fingerprint density at radius 3 is 2.57 bits per heavy atom. The third-order valence-corrected chi connectivity index (χ3v) is 6.04. The molecule has 2 N–H and O–H groups in total. The predicted molar refractivity (Wildman–Crippen MR) is 125 cm³/mol. The average molecular weight is 466 g/mol. The Morgan fingerprint density at radius 2 is 1.87 bits per heavy atom. The zero-order chi connectivity index (χ0) is 20.4. The quantitative estimate of drug-likeness (QED) is 0.525. The summed E-state index contributed by atoms with van der Waals surface area (Å²) >= 11 is 12.6. The second-order valence-corrected chi connectivity index (χ2v) is 8.06. The number of hydrogen-bond donors (Lipinski definition) is 2. The number of piperidine rings is 1. The Bertz CT molecular complexity index is 1040. The molecule has 1 amide bonds. The number of para-hydroxylation sites is 1. The average Bonchev–Trinajstić information content (AvgIpc) is 3.18. The molecule has 158 valence electrons. The first-order valence-electron chi connectivity index (χ1n) is 9.65. The number of carbonyl (C=O) groups excluding carboxylic acids is 1. The summed E-state index contributed by atoms with van der Waals surface area (Å²) in [5.41, 5.74) is 3.92. The first kappa shape index (κ1) is 22.6. The van der Waals surface area contributed by atoms with Gasteiger partial charge in [-0.15, -0.1) is 12.4 Å². The van der Waals surface area contributed by atoms with Crippen LogP contribution in [0.4, 0.5) is 5.69 Å². The highest BCUT2D eigenvalue weighted by Crippen LogP contribution is 2.32. The van der Waals surface area contributed by atoms with Crippen LogP contribution >= 0.6 is 35.6 Å². The normalized spacial score (nSPS) is 14.2. The van der Waals surface area contributed by atoms with E-state index < -0.39 is 0 Å². The number of carbonyl (C=O) groups is 1. The van der Waals surface area contributed by atoms with Crippen molar-refractivity contribution >= 4 is 47.2 Å². The molecule has 4 rings (SSSR count). The lowest BCUT2D eigenvalue weighted by molar-refractivity contribution is 0.102. The summed E-state index contributed by atoms with van der Waals surface area (Å²) < 4.78 is 1.85. The maximum atomic E-state index is 13.1. The van der Waals surface area contributed by atoms with Gasteiger partial charge in [0, 0.05) is 10.9 Å². The molecule has 0 aliphatic carbocycles. The van der Waals surface area contributed by atoms with Crippen molar-refractivity contribution in [2.24, 2.45) is 0 Å². The van der Waals surface area contributed by atoms with Crippen molar-refractivity contribution in [3.63, 3.8) is 0 Å². The van der Waals surface area contributed by atoms with Crippen molar-refractivity contribution in [1.82, 2.24) is 15.1 Å². The maximum Gasteiger partial charge on any atom is 0.259 e. The molecular formula is C22H23Cl3N4O. The highest BCUT2D eigenvalue weighted by molar-refractivity contribution is 6.34. The van der Waals surface area contributed by atoms with Gasteiger partial charge in [0.15, 0.2) is 0 Å². The first-order valence-corrected chi connectivity index (χ1v) is 10.4. The van der Waals surface area contributed by atoms with Crippen molar-refractivity contribution in [3.05, 3.63) is 75.5 Å². The minimum Gasteiger partial charge on any atom is -0.321 e. The fourth-order valence-corrected chi connectivity index (χ4v) is 4.05. The van der Waals surface area contributed by atoms with Gasteiger partial charge in [-0.1, -0.05) is 41.4 Å². The molecule has 0 radical (unpaired) electrons. The van der Waals surface area contributed by atoms with E-state index in [4.69, 9.17) is 23.2 Å². The lowest BCUT2D eigenvalue weighted by Crippen LogP contribution is -2.29. The summed E-state index contributed by atoms with van der Waals surface area (Å²) in [4.78, 5) is 13.1. The maximum absolute atomic E-state index is 13.1. The van der Waals surface area contributed by atoms with Gasteiger partial charge in [0.2, 0.25) is 0 Å². The number of nitrogens with one attached hydrogen (secondary N) is 2. The molecule has 30 heavy (non-hydrogen) atoms. The number of benzene rings is 2. The summed E-state index contributed by atoms with van der Waals surface area (Å²) in [5.74, 6) is 0.0157. The Balaban J connectivity index is 0.00000256. The summed E-state index contributed by atoms with van der Waals surface area (Å²) in [5, 5.41) is 12.0. The van der Waals surface area contributed by atoms with Gasteiger partial charge in [0.05, 0.1) is 33.9 Å². The number of anilines is 1. The van der Waals surface area contributed by atoms with Crippen LogP contribution in [0.25, 0.3) is 5.69 Å². The zero-order valence-electron chi connectivity index (χ0n) is 16.5. The molecule has 1 aromatic heterocycles. The lowest BCUT2D eigenvalue weighted by Gasteiger charge is -2.25. The van der Waals surface area contributed by atoms with Gasteiger partial charge in [-0.3, -0.25) is 4.79 Å².